The monoisotopic (exact) mass is 371 g/mol. The number of fused-ring (bicyclic) bond motifs is 1. The molecule has 1 heterocycles. The van der Waals surface area contributed by atoms with E-state index in [2.05, 4.69) is 60.6 Å². The van der Waals surface area contributed by atoms with E-state index in [1.165, 1.54) is 7.14 Å². The molecule has 1 aromatic heterocycles. The molecule has 0 amide bonds. The van der Waals surface area contributed by atoms with Crippen LogP contribution in [0, 0.1) is 7.14 Å². The van der Waals surface area contributed by atoms with E-state index in [-0.39, 0.29) is 0 Å². The number of nitrogens with zero attached hydrogens (tertiary/aromatic N) is 2. The van der Waals surface area contributed by atoms with Gasteiger partial charge in [-0.2, -0.15) is 0 Å². The van der Waals surface area contributed by atoms with E-state index in [0.717, 1.165) is 11.0 Å². The van der Waals surface area contributed by atoms with Crippen LogP contribution in [0.4, 0.5) is 0 Å². The topological polar surface area (TPSA) is 41.6 Å². The molecule has 5 heteroatoms. The maximum absolute atomic E-state index is 3.91. The average Bonchev–Trinajstić information content (AvgIpc) is 2.36. The zero-order chi connectivity index (χ0) is 7.84. The molecule has 3 nitrogen and oxygen atoms in total. The molecule has 0 atom stereocenters. The summed E-state index contributed by atoms with van der Waals surface area (Å²) in [5.74, 6) is 0. The van der Waals surface area contributed by atoms with Crippen LogP contribution in [0.3, 0.4) is 0 Å². The Bertz CT molecular complexity index is 360. The van der Waals surface area contributed by atoms with E-state index in [4.69, 9.17) is 0 Å². The maximum Gasteiger partial charge on any atom is 0.114 e. The number of halogens is 2. The van der Waals surface area contributed by atoms with Crippen molar-refractivity contribution in [2.45, 2.75) is 0 Å². The molecule has 0 bridgehead atoms. The third-order valence-corrected chi connectivity index (χ3v) is 4.18. The largest absolute Gasteiger partial charge is 0.258 e. The molecule has 56 valence electrons. The first-order valence-corrected chi connectivity index (χ1v) is 5.09. The van der Waals surface area contributed by atoms with Crippen LogP contribution >= 0.6 is 45.2 Å². The number of hydrogen-bond donors (Lipinski definition) is 1. The lowest BCUT2D eigenvalue weighted by Gasteiger charge is -1.92. The molecule has 0 aliphatic heterocycles. The molecule has 0 saturated carbocycles. The number of H-pyrrole nitrogens is 1. The molecule has 0 aliphatic carbocycles. The van der Waals surface area contributed by atoms with Crippen LogP contribution in [-0.4, -0.2) is 15.4 Å². The number of aromatic amines is 1. The van der Waals surface area contributed by atoms with Crippen LogP contribution in [0.15, 0.2) is 12.1 Å². The highest BCUT2D eigenvalue weighted by molar-refractivity contribution is 14.1. The summed E-state index contributed by atoms with van der Waals surface area (Å²) in [4.78, 5) is 0. The summed E-state index contributed by atoms with van der Waals surface area (Å²) >= 11 is 4.57. The summed E-state index contributed by atoms with van der Waals surface area (Å²) < 4.78 is 2.44. The van der Waals surface area contributed by atoms with Crippen molar-refractivity contribution >= 4 is 56.2 Å². The standard InChI is InChI=1S/C6H3I2N3/c7-3-1-5-6(2-4(3)8)10-11-9-5/h1-2H,(H,9,10,11). The SMILES string of the molecule is Ic1cc2nn[nH]c2cc1I. The van der Waals surface area contributed by atoms with Crippen molar-refractivity contribution in [3.05, 3.63) is 19.3 Å². The first-order chi connectivity index (χ1) is 5.27. The van der Waals surface area contributed by atoms with Gasteiger partial charge in [0.2, 0.25) is 0 Å². The summed E-state index contributed by atoms with van der Waals surface area (Å²) in [5.41, 5.74) is 1.92. The Morgan fingerprint density at radius 3 is 2.73 bits per heavy atom. The Morgan fingerprint density at radius 2 is 1.91 bits per heavy atom. The van der Waals surface area contributed by atoms with Gasteiger partial charge in [0.05, 0.1) is 5.52 Å². The molecule has 0 radical (unpaired) electrons. The third-order valence-electron chi connectivity index (χ3n) is 1.37. The van der Waals surface area contributed by atoms with Crippen LogP contribution in [0.1, 0.15) is 0 Å². The van der Waals surface area contributed by atoms with E-state index >= 15 is 0 Å². The molecule has 0 fully saturated rings. The molecular weight excluding hydrogens is 368 g/mol. The second kappa shape index (κ2) is 2.85. The van der Waals surface area contributed by atoms with Crippen LogP contribution in [-0.2, 0) is 0 Å². The molecule has 0 spiro atoms. The number of aromatic nitrogens is 3. The van der Waals surface area contributed by atoms with E-state index in [9.17, 15) is 0 Å². The molecule has 0 saturated heterocycles. The quantitative estimate of drug-likeness (QED) is 0.722. The Kier molecular flexibility index (Phi) is 2.00. The summed E-state index contributed by atoms with van der Waals surface area (Å²) in [6.07, 6.45) is 0. The Balaban J connectivity index is 2.86. The minimum Gasteiger partial charge on any atom is -0.258 e. The van der Waals surface area contributed by atoms with Gasteiger partial charge in [0.1, 0.15) is 5.52 Å². The fourth-order valence-corrected chi connectivity index (χ4v) is 1.76. The van der Waals surface area contributed by atoms with Crippen molar-refractivity contribution in [2.24, 2.45) is 0 Å². The van der Waals surface area contributed by atoms with E-state index < -0.39 is 0 Å². The van der Waals surface area contributed by atoms with Crippen molar-refractivity contribution in [1.29, 1.82) is 0 Å². The minimum atomic E-state index is 0.926. The first-order valence-electron chi connectivity index (χ1n) is 2.93. The fourth-order valence-electron chi connectivity index (χ4n) is 0.841. The molecule has 2 aromatic rings. The van der Waals surface area contributed by atoms with Crippen LogP contribution < -0.4 is 0 Å². The lowest BCUT2D eigenvalue weighted by Crippen LogP contribution is -1.78. The molecule has 0 unspecified atom stereocenters. The second-order valence-electron chi connectivity index (χ2n) is 2.10. The summed E-state index contributed by atoms with van der Waals surface area (Å²) in [6.45, 7) is 0. The van der Waals surface area contributed by atoms with Crippen LogP contribution in [0.2, 0.25) is 0 Å². The molecule has 1 aromatic carbocycles. The minimum absolute atomic E-state index is 0.926. The van der Waals surface area contributed by atoms with Crippen molar-refractivity contribution < 1.29 is 0 Å². The lowest BCUT2D eigenvalue weighted by molar-refractivity contribution is 0.959. The fraction of sp³-hybridized carbons (Fsp3) is 0. The highest BCUT2D eigenvalue weighted by Gasteiger charge is 2.01. The van der Waals surface area contributed by atoms with Gasteiger partial charge >= 0.3 is 0 Å². The number of nitrogens with one attached hydrogen (secondary N) is 1. The van der Waals surface area contributed by atoms with Gasteiger partial charge in [-0.25, -0.2) is 0 Å². The van der Waals surface area contributed by atoms with Gasteiger partial charge in [-0.1, -0.05) is 5.21 Å². The molecule has 11 heavy (non-hydrogen) atoms. The van der Waals surface area contributed by atoms with Gasteiger partial charge < -0.3 is 0 Å². The van der Waals surface area contributed by atoms with Gasteiger partial charge in [0, 0.05) is 7.14 Å². The Morgan fingerprint density at radius 1 is 1.18 bits per heavy atom. The maximum atomic E-state index is 3.91. The van der Waals surface area contributed by atoms with Crippen molar-refractivity contribution in [3.8, 4) is 0 Å². The van der Waals surface area contributed by atoms with E-state index in [1.807, 2.05) is 12.1 Å². The second-order valence-corrected chi connectivity index (χ2v) is 4.42. The van der Waals surface area contributed by atoms with Crippen molar-refractivity contribution in [2.75, 3.05) is 0 Å². The van der Waals surface area contributed by atoms with Gasteiger partial charge in [0.15, 0.2) is 0 Å². The first kappa shape index (κ1) is 7.71. The third kappa shape index (κ3) is 1.35. The molecule has 1 N–H and O–H groups in total. The van der Waals surface area contributed by atoms with Crippen molar-refractivity contribution in [3.63, 3.8) is 0 Å². The summed E-state index contributed by atoms with van der Waals surface area (Å²) in [7, 11) is 0. The molecular formula is C6H3I2N3. The smallest absolute Gasteiger partial charge is 0.114 e. The normalized spacial score (nSPS) is 10.7. The lowest BCUT2D eigenvalue weighted by atomic mass is 10.3. The zero-order valence-electron chi connectivity index (χ0n) is 5.31. The molecule has 2 rings (SSSR count). The van der Waals surface area contributed by atoms with Gasteiger partial charge in [0.25, 0.3) is 0 Å². The van der Waals surface area contributed by atoms with Gasteiger partial charge in [-0.15, -0.1) is 5.10 Å². The highest BCUT2D eigenvalue weighted by atomic mass is 127. The van der Waals surface area contributed by atoms with Crippen LogP contribution in [0.5, 0.6) is 0 Å². The predicted octanol–water partition coefficient (Wildman–Crippen LogP) is 2.17. The molecule has 0 aliphatic rings. The summed E-state index contributed by atoms with van der Waals surface area (Å²) in [6, 6.07) is 4.05. The number of rotatable bonds is 0. The Labute approximate surface area is 90.2 Å². The Hall–Kier alpha value is 0.0800. The van der Waals surface area contributed by atoms with Crippen molar-refractivity contribution in [1.82, 2.24) is 15.4 Å². The van der Waals surface area contributed by atoms with E-state index in [1.54, 1.807) is 0 Å². The predicted molar refractivity (Wildman–Crippen MR) is 59.3 cm³/mol. The average molecular weight is 371 g/mol. The van der Waals surface area contributed by atoms with Crippen LogP contribution in [0.25, 0.3) is 11.0 Å². The highest BCUT2D eigenvalue weighted by Crippen LogP contribution is 2.19. The van der Waals surface area contributed by atoms with E-state index in [0.29, 0.717) is 0 Å². The zero-order valence-corrected chi connectivity index (χ0v) is 9.62. The van der Waals surface area contributed by atoms with Gasteiger partial charge in [-0.3, -0.25) is 5.10 Å². The number of hydrogen-bond acceptors (Lipinski definition) is 2. The number of benzene rings is 1. The summed E-state index contributed by atoms with van der Waals surface area (Å²) in [5, 5.41) is 10.4. The van der Waals surface area contributed by atoms with Gasteiger partial charge in [-0.05, 0) is 57.3 Å².